The molecule has 0 heterocycles. The normalized spacial score (nSPS) is 43.9. The topological polar surface area (TPSA) is 52.6 Å². The average molecular weight is 593 g/mol. The molecule has 0 saturated heterocycles. The zero-order valence-corrected chi connectivity index (χ0v) is 24.1. The molecule has 10 heteroatoms. The van der Waals surface area contributed by atoms with Gasteiger partial charge in [-0.2, -0.15) is 26.3 Å². The fourth-order valence-electron chi connectivity index (χ4n) is 10.7. The lowest BCUT2D eigenvalue weighted by Gasteiger charge is -2.59. The molecule has 8 bridgehead atoms. The van der Waals surface area contributed by atoms with Crippen molar-refractivity contribution in [1.82, 2.24) is 0 Å². The number of esters is 2. The Balaban J connectivity index is 1.30. The van der Waals surface area contributed by atoms with E-state index in [0.717, 1.165) is 58.3 Å². The fourth-order valence-corrected chi connectivity index (χ4v) is 10.7. The molecule has 8 aliphatic carbocycles. The van der Waals surface area contributed by atoms with Gasteiger partial charge in [0.25, 0.3) is 0 Å². The van der Waals surface area contributed by atoms with Crippen molar-refractivity contribution in [2.24, 2.45) is 52.3 Å². The van der Waals surface area contributed by atoms with Crippen molar-refractivity contribution in [3.8, 4) is 0 Å². The van der Waals surface area contributed by atoms with Gasteiger partial charge in [0, 0.05) is 0 Å². The molecule has 0 N–H and O–H groups in total. The number of halogens is 6. The number of ether oxygens (including phenoxy) is 2. The van der Waals surface area contributed by atoms with E-state index in [1.807, 2.05) is 0 Å². The van der Waals surface area contributed by atoms with E-state index in [9.17, 15) is 35.9 Å². The summed E-state index contributed by atoms with van der Waals surface area (Å²) in [5, 5.41) is 0. The first-order valence-electron chi connectivity index (χ1n) is 15.5. The minimum atomic E-state index is -5.37. The second-order valence-electron chi connectivity index (χ2n) is 15.3. The van der Waals surface area contributed by atoms with Crippen molar-refractivity contribution in [2.75, 3.05) is 0 Å². The summed E-state index contributed by atoms with van der Waals surface area (Å²) in [4.78, 5) is 27.2. The summed E-state index contributed by atoms with van der Waals surface area (Å²) in [5.74, 6) is -1.94. The number of rotatable bonds is 7. The zero-order chi connectivity index (χ0) is 29.8. The Morgan fingerprint density at radius 2 is 1.12 bits per heavy atom. The minimum Gasteiger partial charge on any atom is -0.458 e. The van der Waals surface area contributed by atoms with E-state index >= 15 is 0 Å². The lowest BCUT2D eigenvalue weighted by Crippen LogP contribution is -2.61. The van der Waals surface area contributed by atoms with E-state index in [0.29, 0.717) is 38.0 Å². The highest BCUT2D eigenvalue weighted by Gasteiger charge is 2.71. The molecule has 8 fully saturated rings. The quantitative estimate of drug-likeness (QED) is 0.221. The van der Waals surface area contributed by atoms with Gasteiger partial charge in [0.1, 0.15) is 11.2 Å². The van der Waals surface area contributed by atoms with Crippen LogP contribution in [-0.2, 0) is 19.1 Å². The van der Waals surface area contributed by atoms with Crippen molar-refractivity contribution in [2.45, 2.75) is 128 Å². The summed E-state index contributed by atoms with van der Waals surface area (Å²) in [6.45, 7) is 3.19. The van der Waals surface area contributed by atoms with Crippen LogP contribution in [0.15, 0.2) is 0 Å². The highest BCUT2D eigenvalue weighted by molar-refractivity contribution is 5.82. The van der Waals surface area contributed by atoms with Gasteiger partial charge in [0.15, 0.2) is 10.8 Å². The fraction of sp³-hybridized carbons (Fsp3) is 0.935. The van der Waals surface area contributed by atoms with E-state index in [2.05, 4.69) is 0 Å². The average Bonchev–Trinajstić information content (AvgIpc) is 2.82. The third kappa shape index (κ3) is 4.53. The molecule has 4 nitrogen and oxygen atoms in total. The third-order valence-electron chi connectivity index (χ3n) is 12.6. The highest BCUT2D eigenvalue weighted by Crippen LogP contribution is 2.62. The van der Waals surface area contributed by atoms with Crippen LogP contribution in [0.4, 0.5) is 26.3 Å². The Hall–Kier alpha value is -1.48. The van der Waals surface area contributed by atoms with Crippen LogP contribution in [0, 0.1) is 52.3 Å². The van der Waals surface area contributed by atoms with Crippen LogP contribution in [0.3, 0.4) is 0 Å². The third-order valence-corrected chi connectivity index (χ3v) is 12.6. The van der Waals surface area contributed by atoms with E-state index in [4.69, 9.17) is 9.47 Å². The monoisotopic (exact) mass is 592 g/mol. The van der Waals surface area contributed by atoms with Gasteiger partial charge in [0.05, 0.1) is 0 Å². The number of hydrogen-bond acceptors (Lipinski definition) is 4. The summed E-state index contributed by atoms with van der Waals surface area (Å²) < 4.78 is 101. The molecule has 2 unspecified atom stereocenters. The Morgan fingerprint density at radius 3 is 1.51 bits per heavy atom. The predicted molar refractivity (Wildman–Crippen MR) is 136 cm³/mol. The molecular formula is C31H42F6O4. The SMILES string of the molecule is CCC(CC(C)(C(=O)OC12CC3CC(CC(C3)C1)C2)C(F)(F)F)(C(=O)OC1(C)C2CC3CC(C2)CC1C3)C(F)(F)F. The first-order chi connectivity index (χ1) is 18.9. The van der Waals surface area contributed by atoms with Crippen LogP contribution in [-0.4, -0.2) is 35.5 Å². The lowest BCUT2D eigenvalue weighted by atomic mass is 9.50. The van der Waals surface area contributed by atoms with Gasteiger partial charge >= 0.3 is 24.3 Å². The van der Waals surface area contributed by atoms with E-state index in [1.54, 1.807) is 6.92 Å². The second kappa shape index (κ2) is 9.26. The van der Waals surface area contributed by atoms with Crippen molar-refractivity contribution >= 4 is 11.9 Å². The zero-order valence-electron chi connectivity index (χ0n) is 24.1. The van der Waals surface area contributed by atoms with E-state index < -0.39 is 59.2 Å². The van der Waals surface area contributed by atoms with Gasteiger partial charge in [-0.25, -0.2) is 0 Å². The summed E-state index contributed by atoms with van der Waals surface area (Å²) in [7, 11) is 0. The molecule has 41 heavy (non-hydrogen) atoms. The van der Waals surface area contributed by atoms with Crippen molar-refractivity contribution in [1.29, 1.82) is 0 Å². The number of alkyl halides is 6. The Kier molecular flexibility index (Phi) is 6.68. The first kappa shape index (κ1) is 29.6. The molecule has 0 aliphatic heterocycles. The Labute approximate surface area is 237 Å². The maximum Gasteiger partial charge on any atom is 0.404 e. The summed E-state index contributed by atoms with van der Waals surface area (Å²) in [6, 6.07) is 0. The van der Waals surface area contributed by atoms with Crippen molar-refractivity contribution < 1.29 is 45.4 Å². The molecule has 2 atom stereocenters. The van der Waals surface area contributed by atoms with Crippen LogP contribution < -0.4 is 0 Å². The molecule has 0 aromatic heterocycles. The van der Waals surface area contributed by atoms with Crippen LogP contribution in [0.2, 0.25) is 0 Å². The summed E-state index contributed by atoms with van der Waals surface area (Å²) >= 11 is 0. The van der Waals surface area contributed by atoms with Crippen LogP contribution in [0.25, 0.3) is 0 Å². The van der Waals surface area contributed by atoms with Crippen molar-refractivity contribution in [3.63, 3.8) is 0 Å². The molecule has 0 aromatic rings. The van der Waals surface area contributed by atoms with Gasteiger partial charge < -0.3 is 9.47 Å². The van der Waals surface area contributed by atoms with E-state index in [-0.39, 0.29) is 29.6 Å². The Bertz CT molecular complexity index is 1020. The van der Waals surface area contributed by atoms with Gasteiger partial charge in [-0.1, -0.05) is 6.92 Å². The first-order valence-corrected chi connectivity index (χ1v) is 15.5. The van der Waals surface area contributed by atoms with Crippen LogP contribution in [0.5, 0.6) is 0 Å². The van der Waals surface area contributed by atoms with Crippen LogP contribution in [0.1, 0.15) is 104 Å². The van der Waals surface area contributed by atoms with Gasteiger partial charge in [-0.15, -0.1) is 0 Å². The molecular weight excluding hydrogens is 550 g/mol. The Morgan fingerprint density at radius 1 is 0.683 bits per heavy atom. The molecule has 8 aliphatic rings. The van der Waals surface area contributed by atoms with Crippen molar-refractivity contribution in [3.05, 3.63) is 0 Å². The van der Waals surface area contributed by atoms with Crippen LogP contribution >= 0.6 is 0 Å². The molecule has 0 radical (unpaired) electrons. The summed E-state index contributed by atoms with van der Waals surface area (Å²) in [5.41, 5.74) is -9.27. The van der Waals surface area contributed by atoms with Gasteiger partial charge in [-0.3, -0.25) is 9.59 Å². The largest absolute Gasteiger partial charge is 0.458 e. The molecule has 8 rings (SSSR count). The standard InChI is InChI=1S/C31H42F6O4/c1-4-29(31(35,36)37,25(39)40-27(3)22-9-17-5-18(11-22)12-23(27)10-17)16-26(2,30(32,33)34)24(38)41-28-13-19-6-20(14-28)8-21(7-19)15-28/h17-23H,4-16H2,1-3H3. The van der Waals surface area contributed by atoms with Gasteiger partial charge in [0.2, 0.25) is 0 Å². The predicted octanol–water partition coefficient (Wildman–Crippen LogP) is 8.17. The highest BCUT2D eigenvalue weighted by atomic mass is 19.4. The van der Waals surface area contributed by atoms with E-state index in [1.165, 1.54) is 0 Å². The maximum atomic E-state index is 14.9. The lowest BCUT2D eigenvalue weighted by molar-refractivity contribution is -0.285. The number of hydrogen-bond donors (Lipinski definition) is 0. The number of carbonyl (C=O) groups excluding carboxylic acids is 2. The second-order valence-corrected chi connectivity index (χ2v) is 15.3. The maximum absolute atomic E-state index is 14.9. The molecule has 8 saturated carbocycles. The molecule has 0 amide bonds. The van der Waals surface area contributed by atoms with Gasteiger partial charge in [-0.05, 0) is 139 Å². The smallest absolute Gasteiger partial charge is 0.404 e. The number of carbonyl (C=O) groups is 2. The molecule has 0 spiro atoms. The summed E-state index contributed by atoms with van der Waals surface area (Å²) in [6.07, 6.45) is -5.22. The molecule has 0 aromatic carbocycles. The molecule has 232 valence electrons. The minimum absolute atomic E-state index is 0.111.